The number of unbranched alkanes of at least 4 members (excludes halogenated alkanes) is 1. The first-order valence-corrected chi connectivity index (χ1v) is 12.6. The Morgan fingerprint density at radius 2 is 1.86 bits per heavy atom. The Bertz CT molecular complexity index is 1070. The van der Waals surface area contributed by atoms with Crippen molar-refractivity contribution >= 4 is 12.3 Å². The normalized spacial score (nSPS) is 18.0. The van der Waals surface area contributed by atoms with E-state index in [1.807, 2.05) is 66.7 Å². The third-order valence-corrected chi connectivity index (χ3v) is 6.68. The lowest BCUT2D eigenvalue weighted by Gasteiger charge is -2.33. The summed E-state index contributed by atoms with van der Waals surface area (Å²) in [6, 6.07) is 20.7. The van der Waals surface area contributed by atoms with Gasteiger partial charge in [-0.05, 0) is 54.2 Å². The molecule has 0 aliphatic carbocycles. The number of hydrogen-bond acceptors (Lipinski definition) is 5. The van der Waals surface area contributed by atoms with Crippen molar-refractivity contribution in [3.8, 4) is 5.75 Å². The Morgan fingerprint density at radius 3 is 2.56 bits per heavy atom. The Morgan fingerprint density at radius 1 is 1.06 bits per heavy atom. The lowest BCUT2D eigenvalue weighted by atomic mass is 9.82. The van der Waals surface area contributed by atoms with E-state index in [1.54, 1.807) is 6.26 Å². The summed E-state index contributed by atoms with van der Waals surface area (Å²) < 4.78 is 11.1. The second-order valence-corrected chi connectivity index (χ2v) is 9.18. The third-order valence-electron chi connectivity index (χ3n) is 6.68. The lowest BCUT2D eigenvalue weighted by molar-refractivity contribution is -0.200. The van der Waals surface area contributed by atoms with Gasteiger partial charge in [0, 0.05) is 6.54 Å². The highest BCUT2D eigenvalue weighted by atomic mass is 16.7. The molecule has 3 unspecified atom stereocenters. The highest BCUT2D eigenvalue weighted by molar-refractivity contribution is 5.82. The zero-order valence-electron chi connectivity index (χ0n) is 20.7. The fourth-order valence-corrected chi connectivity index (χ4v) is 4.74. The molecule has 3 atom stereocenters. The second kappa shape index (κ2) is 12.9. The van der Waals surface area contributed by atoms with Crippen LogP contribution in [-0.2, 0) is 34.1 Å². The lowest BCUT2D eigenvalue weighted by Crippen LogP contribution is -2.46. The maximum atomic E-state index is 13.0. The van der Waals surface area contributed by atoms with Crippen molar-refractivity contribution in [1.82, 2.24) is 10.4 Å². The molecule has 7 nitrogen and oxygen atoms in total. The standard InChI is InChI=1S/C29H34N2O5/c1-2-3-10-24-18-30-29(33)28(24)27(31(21-32)36-19-23-8-5-4-6-9-23)17-22-12-14-25(15-13-22)35-20-26-11-7-16-34-26/h4-9,11-16,21,24,27-28H,2-3,10,17-20H2,1H3,(H,30,33). The Hall–Kier alpha value is -3.58. The van der Waals surface area contributed by atoms with Gasteiger partial charge in [-0.15, -0.1) is 0 Å². The second-order valence-electron chi connectivity index (χ2n) is 9.18. The van der Waals surface area contributed by atoms with Crippen LogP contribution in [0.2, 0.25) is 0 Å². The van der Waals surface area contributed by atoms with Gasteiger partial charge in [0.2, 0.25) is 12.3 Å². The highest BCUT2D eigenvalue weighted by Crippen LogP contribution is 2.31. The summed E-state index contributed by atoms with van der Waals surface area (Å²) in [5.41, 5.74) is 1.95. The maximum absolute atomic E-state index is 13.0. The molecule has 4 rings (SSSR count). The summed E-state index contributed by atoms with van der Waals surface area (Å²) in [6.07, 6.45) is 5.85. The van der Waals surface area contributed by atoms with Crippen molar-refractivity contribution < 1.29 is 23.6 Å². The Balaban J connectivity index is 1.50. The molecule has 1 fully saturated rings. The van der Waals surface area contributed by atoms with Gasteiger partial charge < -0.3 is 14.5 Å². The molecule has 3 aromatic rings. The molecule has 1 aromatic heterocycles. The van der Waals surface area contributed by atoms with Crippen molar-refractivity contribution in [1.29, 1.82) is 0 Å². The van der Waals surface area contributed by atoms with Gasteiger partial charge in [0.15, 0.2) is 0 Å². The molecular weight excluding hydrogens is 456 g/mol. The van der Waals surface area contributed by atoms with Gasteiger partial charge in [0.05, 0.1) is 18.2 Å². The molecule has 2 aromatic carbocycles. The fourth-order valence-electron chi connectivity index (χ4n) is 4.74. The number of carbonyl (C=O) groups is 2. The molecule has 7 heteroatoms. The molecular formula is C29H34N2O5. The van der Waals surface area contributed by atoms with E-state index in [0.717, 1.165) is 41.9 Å². The van der Waals surface area contributed by atoms with E-state index in [1.165, 1.54) is 5.06 Å². The predicted molar refractivity (Wildman–Crippen MR) is 136 cm³/mol. The number of nitrogens with one attached hydrogen (secondary N) is 1. The smallest absolute Gasteiger partial charge is 0.233 e. The maximum Gasteiger partial charge on any atom is 0.233 e. The number of ether oxygens (including phenoxy) is 1. The SMILES string of the molecule is CCCCC1CNC(=O)C1C(Cc1ccc(OCc2ccco2)cc1)N(C=O)OCc1ccccc1. The molecule has 0 saturated carbocycles. The monoisotopic (exact) mass is 490 g/mol. The summed E-state index contributed by atoms with van der Waals surface area (Å²) in [5.74, 6) is 1.27. The van der Waals surface area contributed by atoms with Crippen LogP contribution in [0.5, 0.6) is 5.75 Å². The van der Waals surface area contributed by atoms with Crippen molar-refractivity contribution in [3.05, 3.63) is 89.9 Å². The minimum absolute atomic E-state index is 0.0188. The zero-order chi connectivity index (χ0) is 25.2. The number of benzene rings is 2. The predicted octanol–water partition coefficient (Wildman–Crippen LogP) is 4.91. The zero-order valence-corrected chi connectivity index (χ0v) is 20.7. The number of furan rings is 1. The first-order chi connectivity index (χ1) is 17.7. The molecule has 0 spiro atoms. The van der Waals surface area contributed by atoms with E-state index >= 15 is 0 Å². The van der Waals surface area contributed by atoms with Crippen molar-refractivity contribution in [3.63, 3.8) is 0 Å². The molecule has 1 N–H and O–H groups in total. The summed E-state index contributed by atoms with van der Waals surface area (Å²) in [5, 5.41) is 4.37. The van der Waals surface area contributed by atoms with Crippen molar-refractivity contribution in [2.45, 2.75) is 51.9 Å². The topological polar surface area (TPSA) is 81.0 Å². The summed E-state index contributed by atoms with van der Waals surface area (Å²) in [6.45, 7) is 3.38. The first kappa shape index (κ1) is 25.5. The molecule has 1 aliphatic heterocycles. The van der Waals surface area contributed by atoms with E-state index < -0.39 is 6.04 Å². The number of hydroxylamine groups is 2. The minimum atomic E-state index is -0.426. The van der Waals surface area contributed by atoms with Crippen LogP contribution in [0.3, 0.4) is 0 Å². The quantitative estimate of drug-likeness (QED) is 0.256. The van der Waals surface area contributed by atoms with Crippen LogP contribution < -0.4 is 10.1 Å². The van der Waals surface area contributed by atoms with Crippen LogP contribution in [-0.4, -0.2) is 30.0 Å². The molecule has 36 heavy (non-hydrogen) atoms. The van der Waals surface area contributed by atoms with Gasteiger partial charge in [-0.3, -0.25) is 14.4 Å². The van der Waals surface area contributed by atoms with Gasteiger partial charge in [0.1, 0.15) is 24.7 Å². The van der Waals surface area contributed by atoms with E-state index in [0.29, 0.717) is 26.0 Å². The summed E-state index contributed by atoms with van der Waals surface area (Å²) in [7, 11) is 0. The number of carbonyl (C=O) groups excluding carboxylic acids is 2. The van der Waals surface area contributed by atoms with Crippen LogP contribution in [0.25, 0.3) is 0 Å². The van der Waals surface area contributed by atoms with Gasteiger partial charge in [-0.1, -0.05) is 62.2 Å². The summed E-state index contributed by atoms with van der Waals surface area (Å²) >= 11 is 0. The van der Waals surface area contributed by atoms with Gasteiger partial charge in [-0.25, -0.2) is 5.06 Å². The molecule has 1 saturated heterocycles. The highest BCUT2D eigenvalue weighted by Gasteiger charge is 2.43. The summed E-state index contributed by atoms with van der Waals surface area (Å²) in [4.78, 5) is 31.2. The Labute approximate surface area is 212 Å². The number of rotatable bonds is 14. The van der Waals surface area contributed by atoms with Crippen LogP contribution in [0.4, 0.5) is 0 Å². The third kappa shape index (κ3) is 6.76. The molecule has 0 bridgehead atoms. The molecule has 2 amide bonds. The van der Waals surface area contributed by atoms with Crippen molar-refractivity contribution in [2.24, 2.45) is 11.8 Å². The molecule has 190 valence electrons. The van der Waals surface area contributed by atoms with E-state index in [9.17, 15) is 9.59 Å². The van der Waals surface area contributed by atoms with E-state index in [2.05, 4.69) is 12.2 Å². The molecule has 0 radical (unpaired) electrons. The van der Waals surface area contributed by atoms with E-state index in [4.69, 9.17) is 14.0 Å². The van der Waals surface area contributed by atoms with E-state index in [-0.39, 0.29) is 24.3 Å². The fraction of sp³-hybridized carbons (Fsp3) is 0.379. The van der Waals surface area contributed by atoms with Crippen LogP contribution >= 0.6 is 0 Å². The largest absolute Gasteiger partial charge is 0.486 e. The minimum Gasteiger partial charge on any atom is -0.486 e. The average Bonchev–Trinajstić information content (AvgIpc) is 3.57. The van der Waals surface area contributed by atoms with Crippen LogP contribution in [0.1, 0.15) is 43.1 Å². The van der Waals surface area contributed by atoms with Gasteiger partial charge in [0.25, 0.3) is 0 Å². The number of amides is 2. The van der Waals surface area contributed by atoms with Gasteiger partial charge >= 0.3 is 0 Å². The molecule has 2 heterocycles. The van der Waals surface area contributed by atoms with Gasteiger partial charge in [-0.2, -0.15) is 0 Å². The average molecular weight is 491 g/mol. The Kier molecular flexibility index (Phi) is 9.16. The van der Waals surface area contributed by atoms with Crippen molar-refractivity contribution in [2.75, 3.05) is 6.54 Å². The van der Waals surface area contributed by atoms with Crippen LogP contribution in [0.15, 0.2) is 77.4 Å². The molecule has 1 aliphatic rings. The van der Waals surface area contributed by atoms with Crippen LogP contribution in [0, 0.1) is 11.8 Å². The number of hydrogen-bond donors (Lipinski definition) is 1. The first-order valence-electron chi connectivity index (χ1n) is 12.6. The number of nitrogens with zero attached hydrogens (tertiary/aromatic N) is 1.